The van der Waals surface area contributed by atoms with Crippen molar-refractivity contribution in [1.82, 2.24) is 0 Å². The van der Waals surface area contributed by atoms with Gasteiger partial charge in [0, 0.05) is 0 Å². The van der Waals surface area contributed by atoms with Crippen LogP contribution in [0, 0.1) is 0 Å². The zero-order valence-electron chi connectivity index (χ0n) is 3.59. The van der Waals surface area contributed by atoms with Crippen LogP contribution in [0.5, 0.6) is 0 Å². The third kappa shape index (κ3) is 1.73. The molecule has 1 N–H and O–H groups in total. The minimum absolute atomic E-state index is 0.537. The summed E-state index contributed by atoms with van der Waals surface area (Å²) in [5.74, 6) is 0. The Morgan fingerprint density at radius 1 is 1.33 bits per heavy atom. The van der Waals surface area contributed by atoms with Gasteiger partial charge in [-0.3, -0.25) is 0 Å². The number of hydrogen-bond donors (Lipinski definition) is 1. The second-order valence-corrected chi connectivity index (χ2v) is 0.962. The summed E-state index contributed by atoms with van der Waals surface area (Å²) in [4.78, 5) is 0. The first-order chi connectivity index (χ1) is 2.81. The first kappa shape index (κ1) is 5.44. The molecule has 0 bridgehead atoms. The van der Waals surface area contributed by atoms with E-state index in [-0.39, 0.29) is 0 Å². The van der Waals surface area contributed by atoms with Gasteiger partial charge in [-0.1, -0.05) is 12.2 Å². The molecule has 1 heteroatoms. The van der Waals surface area contributed by atoms with Crippen LogP contribution in [0.25, 0.3) is 0 Å². The van der Waals surface area contributed by atoms with Gasteiger partial charge in [0.1, 0.15) is 0 Å². The highest BCUT2D eigenvalue weighted by Crippen LogP contribution is 1.79. The Hall–Kier alpha value is -0.560. The highest BCUT2D eigenvalue weighted by atomic mass is 16.3. The van der Waals surface area contributed by atoms with Crippen molar-refractivity contribution in [3.63, 3.8) is 0 Å². The summed E-state index contributed by atoms with van der Waals surface area (Å²) in [6, 6.07) is 0. The van der Waals surface area contributed by atoms with E-state index in [1.807, 2.05) is 0 Å². The highest BCUT2D eigenvalue weighted by Gasteiger charge is 1.80. The van der Waals surface area contributed by atoms with Gasteiger partial charge in [-0.15, -0.1) is 13.2 Å². The predicted octanol–water partition coefficient (Wildman–Crippen LogP) is 0.719. The van der Waals surface area contributed by atoms with Crippen LogP contribution in [0.1, 0.15) is 0 Å². The molecule has 0 saturated heterocycles. The summed E-state index contributed by atoms with van der Waals surface area (Å²) in [7, 11) is 0. The van der Waals surface area contributed by atoms with Gasteiger partial charge in [-0.25, -0.2) is 0 Å². The zero-order chi connectivity index (χ0) is 4.99. The Bertz CT molecular complexity index is 49.0. The van der Waals surface area contributed by atoms with Crippen LogP contribution >= 0.6 is 0 Å². The fourth-order valence-corrected chi connectivity index (χ4v) is 0.0962. The fraction of sp³-hybridized carbons (Fsp3) is 0.200. The molecule has 0 radical (unpaired) electrons. The van der Waals surface area contributed by atoms with Crippen LogP contribution in [0.3, 0.4) is 0 Å². The minimum Gasteiger partial charge on any atom is -0.385 e. The van der Waals surface area contributed by atoms with Gasteiger partial charge in [0.25, 0.3) is 0 Å². The van der Waals surface area contributed by atoms with E-state index in [2.05, 4.69) is 13.2 Å². The molecule has 0 amide bonds. The molecule has 1 nitrogen and oxygen atoms in total. The molecule has 6 heavy (non-hydrogen) atoms. The predicted molar refractivity (Wildman–Crippen MR) is 26.4 cm³/mol. The van der Waals surface area contributed by atoms with Crippen molar-refractivity contribution in [2.75, 3.05) is 0 Å². The van der Waals surface area contributed by atoms with Crippen LogP contribution in [-0.2, 0) is 0 Å². The summed E-state index contributed by atoms with van der Waals surface area (Å²) in [5, 5.41) is 8.43. The van der Waals surface area contributed by atoms with E-state index in [0.717, 1.165) is 0 Å². The van der Waals surface area contributed by atoms with Crippen LogP contribution in [0.2, 0.25) is 0 Å². The zero-order valence-corrected chi connectivity index (χ0v) is 3.59. The summed E-state index contributed by atoms with van der Waals surface area (Å²) < 4.78 is 0. The molecule has 34 valence electrons. The monoisotopic (exact) mass is 84.1 g/mol. The van der Waals surface area contributed by atoms with Gasteiger partial charge in [0.2, 0.25) is 0 Å². The average Bonchev–Trinajstić information content (AvgIpc) is 1.65. The van der Waals surface area contributed by atoms with Crippen molar-refractivity contribution in [2.45, 2.75) is 6.10 Å². The van der Waals surface area contributed by atoms with E-state index in [4.69, 9.17) is 5.11 Å². The molecular weight excluding hydrogens is 76.1 g/mol. The Kier molecular flexibility index (Phi) is 2.42. The number of aliphatic hydroxyl groups excluding tert-OH is 1. The molecule has 0 aliphatic carbocycles. The minimum atomic E-state index is -0.537. The van der Waals surface area contributed by atoms with E-state index in [9.17, 15) is 0 Å². The second-order valence-electron chi connectivity index (χ2n) is 0.962. The Balaban J connectivity index is 3.21. The van der Waals surface area contributed by atoms with Crippen LogP contribution in [0.15, 0.2) is 25.3 Å². The molecule has 0 aliphatic heterocycles. The van der Waals surface area contributed by atoms with Gasteiger partial charge in [-0.05, 0) is 0 Å². The first-order valence-corrected chi connectivity index (χ1v) is 1.74. The van der Waals surface area contributed by atoms with Crippen molar-refractivity contribution in [3.8, 4) is 0 Å². The standard InChI is InChI=1S/C5H8O/c1-3-5(6)4-2/h3-6H,1-2H2. The molecular formula is C5H8O. The maximum absolute atomic E-state index is 8.43. The topological polar surface area (TPSA) is 20.2 Å². The molecule has 0 saturated carbocycles. The Labute approximate surface area is 37.6 Å². The lowest BCUT2D eigenvalue weighted by atomic mass is 10.4. The molecule has 0 aromatic carbocycles. The number of hydrogen-bond acceptors (Lipinski definition) is 1. The van der Waals surface area contributed by atoms with Crippen molar-refractivity contribution >= 4 is 0 Å². The summed E-state index contributed by atoms with van der Waals surface area (Å²) in [6.07, 6.45) is 2.28. The Morgan fingerprint density at radius 2 is 1.67 bits per heavy atom. The molecule has 0 rings (SSSR count). The molecule has 0 fully saturated rings. The quantitative estimate of drug-likeness (QED) is 0.489. The van der Waals surface area contributed by atoms with Gasteiger partial charge >= 0.3 is 0 Å². The average molecular weight is 84.1 g/mol. The lowest BCUT2D eigenvalue weighted by Crippen LogP contribution is -1.91. The second kappa shape index (κ2) is 2.67. The molecule has 0 aromatic rings. The molecule has 0 heterocycles. The van der Waals surface area contributed by atoms with E-state index >= 15 is 0 Å². The third-order valence-electron chi connectivity index (χ3n) is 0.483. The summed E-state index contributed by atoms with van der Waals surface area (Å²) in [6.45, 7) is 6.62. The van der Waals surface area contributed by atoms with E-state index in [0.29, 0.717) is 0 Å². The van der Waals surface area contributed by atoms with E-state index in [1.165, 1.54) is 12.2 Å². The highest BCUT2D eigenvalue weighted by molar-refractivity contribution is 4.91. The fourth-order valence-electron chi connectivity index (χ4n) is 0.0962. The normalized spacial score (nSPS) is 8.33. The Morgan fingerprint density at radius 3 is 1.67 bits per heavy atom. The third-order valence-corrected chi connectivity index (χ3v) is 0.483. The van der Waals surface area contributed by atoms with Crippen molar-refractivity contribution < 1.29 is 5.11 Å². The lowest BCUT2D eigenvalue weighted by Gasteiger charge is -1.88. The maximum atomic E-state index is 8.43. The molecule has 0 aliphatic rings. The van der Waals surface area contributed by atoms with Crippen LogP contribution in [0.4, 0.5) is 0 Å². The van der Waals surface area contributed by atoms with Gasteiger partial charge in [-0.2, -0.15) is 0 Å². The van der Waals surface area contributed by atoms with Gasteiger partial charge in [0.05, 0.1) is 6.10 Å². The molecule has 0 unspecified atom stereocenters. The van der Waals surface area contributed by atoms with E-state index < -0.39 is 6.10 Å². The SMILES string of the molecule is C=CC(O)C=C. The molecule has 0 spiro atoms. The van der Waals surface area contributed by atoms with Crippen LogP contribution < -0.4 is 0 Å². The van der Waals surface area contributed by atoms with Crippen molar-refractivity contribution in [1.29, 1.82) is 0 Å². The smallest absolute Gasteiger partial charge is 0.0897 e. The van der Waals surface area contributed by atoms with Gasteiger partial charge < -0.3 is 5.11 Å². The van der Waals surface area contributed by atoms with Crippen molar-refractivity contribution in [3.05, 3.63) is 25.3 Å². The van der Waals surface area contributed by atoms with Crippen molar-refractivity contribution in [2.24, 2.45) is 0 Å². The van der Waals surface area contributed by atoms with E-state index in [1.54, 1.807) is 0 Å². The lowest BCUT2D eigenvalue weighted by molar-refractivity contribution is 0.272. The van der Waals surface area contributed by atoms with Crippen LogP contribution in [-0.4, -0.2) is 11.2 Å². The van der Waals surface area contributed by atoms with Gasteiger partial charge in [0.15, 0.2) is 0 Å². The molecule has 0 aromatic heterocycles. The number of aliphatic hydroxyl groups is 1. The maximum Gasteiger partial charge on any atom is 0.0897 e. The summed E-state index contributed by atoms with van der Waals surface area (Å²) in [5.41, 5.74) is 0. The largest absolute Gasteiger partial charge is 0.385 e. The summed E-state index contributed by atoms with van der Waals surface area (Å²) >= 11 is 0. The molecule has 0 atom stereocenters. The number of rotatable bonds is 2. The first-order valence-electron chi connectivity index (χ1n) is 1.74.